The first kappa shape index (κ1) is 19.7. The highest BCUT2D eigenvalue weighted by atomic mass is 16.3. The van der Waals surface area contributed by atoms with E-state index in [4.69, 9.17) is 10.8 Å². The maximum absolute atomic E-state index is 12.2. The van der Waals surface area contributed by atoms with Gasteiger partial charge in [0.2, 0.25) is 11.9 Å². The number of anilines is 1. The molecule has 2 aromatic carbocycles. The first-order valence-electron chi connectivity index (χ1n) is 9.79. The van der Waals surface area contributed by atoms with Crippen LogP contribution in [0.5, 0.6) is 5.75 Å². The van der Waals surface area contributed by atoms with E-state index < -0.39 is 11.9 Å². The van der Waals surface area contributed by atoms with Crippen LogP contribution in [0.2, 0.25) is 0 Å². The molecule has 7 heteroatoms. The largest absolute Gasteiger partial charge is 0.508 e. The first-order chi connectivity index (χ1) is 14.1. The molecule has 0 fully saturated rings. The van der Waals surface area contributed by atoms with Crippen molar-refractivity contribution in [1.82, 2.24) is 14.8 Å². The maximum Gasteiger partial charge on any atom is 0.248 e. The predicted molar refractivity (Wildman–Crippen MR) is 116 cm³/mol. The second-order valence-corrected chi connectivity index (χ2v) is 8.55. The zero-order valence-electron chi connectivity index (χ0n) is 17.5. The maximum atomic E-state index is 12.2. The van der Waals surface area contributed by atoms with Crippen molar-refractivity contribution in [3.63, 3.8) is 0 Å². The molecule has 1 amide bonds. The molecular formula is C23H25N5O2. The normalized spacial score (nSPS) is 16.2. The van der Waals surface area contributed by atoms with E-state index in [1.165, 1.54) is 5.56 Å². The third-order valence-electron chi connectivity index (χ3n) is 5.34. The summed E-state index contributed by atoms with van der Waals surface area (Å²) in [5.41, 5.74) is 9.69. The molecule has 2 heterocycles. The minimum Gasteiger partial charge on any atom is -0.508 e. The molecule has 1 aromatic heterocycles. The monoisotopic (exact) mass is 403 g/mol. The summed E-state index contributed by atoms with van der Waals surface area (Å²) in [6.45, 7) is 8.30. The molecule has 1 aliphatic rings. The van der Waals surface area contributed by atoms with Gasteiger partial charge in [-0.15, -0.1) is 5.10 Å². The number of aromatic hydroxyl groups is 1. The van der Waals surface area contributed by atoms with Crippen LogP contribution in [-0.2, 0) is 10.2 Å². The molecule has 1 unspecified atom stereocenters. The number of phenols is 1. The van der Waals surface area contributed by atoms with Crippen LogP contribution in [0.15, 0.2) is 59.8 Å². The Bertz CT molecular complexity index is 1140. The van der Waals surface area contributed by atoms with Gasteiger partial charge in [0.05, 0.1) is 5.57 Å². The fourth-order valence-corrected chi connectivity index (χ4v) is 3.68. The Balaban J connectivity index is 1.80. The molecule has 4 rings (SSSR count). The predicted octanol–water partition coefficient (Wildman–Crippen LogP) is 3.72. The fourth-order valence-electron chi connectivity index (χ4n) is 3.68. The number of hydrogen-bond acceptors (Lipinski definition) is 5. The fraction of sp³-hybridized carbons (Fsp3) is 0.261. The average Bonchev–Trinajstić information content (AvgIpc) is 3.10. The zero-order chi connectivity index (χ0) is 21.6. The molecule has 0 bridgehead atoms. The van der Waals surface area contributed by atoms with E-state index in [-0.39, 0.29) is 11.2 Å². The summed E-state index contributed by atoms with van der Waals surface area (Å²) >= 11 is 0. The summed E-state index contributed by atoms with van der Waals surface area (Å²) in [5.74, 6) is 0.702. The molecule has 4 N–H and O–H groups in total. The van der Waals surface area contributed by atoms with Gasteiger partial charge in [-0.3, -0.25) is 4.79 Å². The van der Waals surface area contributed by atoms with Crippen molar-refractivity contribution in [3.05, 3.63) is 70.9 Å². The van der Waals surface area contributed by atoms with Gasteiger partial charge in [0, 0.05) is 11.3 Å². The smallest absolute Gasteiger partial charge is 0.248 e. The van der Waals surface area contributed by atoms with Crippen molar-refractivity contribution in [2.75, 3.05) is 5.32 Å². The van der Waals surface area contributed by atoms with E-state index in [2.05, 4.69) is 43.2 Å². The van der Waals surface area contributed by atoms with Crippen LogP contribution < -0.4 is 11.1 Å². The lowest BCUT2D eigenvalue weighted by molar-refractivity contribution is -0.115. The van der Waals surface area contributed by atoms with Crippen molar-refractivity contribution >= 4 is 11.9 Å². The van der Waals surface area contributed by atoms with Gasteiger partial charge >= 0.3 is 0 Å². The molecule has 0 radical (unpaired) electrons. The van der Waals surface area contributed by atoms with Gasteiger partial charge in [0.15, 0.2) is 5.82 Å². The number of rotatable bonds is 3. The van der Waals surface area contributed by atoms with Gasteiger partial charge in [-0.1, -0.05) is 57.2 Å². The highest BCUT2D eigenvalue weighted by Gasteiger charge is 2.33. The number of allylic oxidation sites excluding steroid dienone is 1. The minimum atomic E-state index is -0.533. The molecule has 3 aromatic rings. The SMILES string of the molecule is CC1=C(C(N)=O)C(c2ccc(O)cc2)n2nc(-c3ccc(C(C)(C)C)cc3)nc2N1. The van der Waals surface area contributed by atoms with Crippen molar-refractivity contribution in [2.45, 2.75) is 39.2 Å². The molecule has 30 heavy (non-hydrogen) atoms. The first-order valence-corrected chi connectivity index (χ1v) is 9.79. The van der Waals surface area contributed by atoms with E-state index in [0.717, 1.165) is 11.1 Å². The van der Waals surface area contributed by atoms with Crippen molar-refractivity contribution in [3.8, 4) is 17.1 Å². The number of nitrogens with one attached hydrogen (secondary N) is 1. The van der Waals surface area contributed by atoms with Crippen LogP contribution in [0, 0.1) is 0 Å². The number of fused-ring (bicyclic) bond motifs is 1. The number of amides is 1. The van der Waals surface area contributed by atoms with Gasteiger partial charge in [-0.2, -0.15) is 4.98 Å². The number of benzene rings is 2. The van der Waals surface area contributed by atoms with Gasteiger partial charge < -0.3 is 16.2 Å². The summed E-state index contributed by atoms with van der Waals surface area (Å²) in [5, 5.41) is 17.5. The summed E-state index contributed by atoms with van der Waals surface area (Å²) in [6, 6.07) is 14.3. The van der Waals surface area contributed by atoms with Gasteiger partial charge in [-0.25, -0.2) is 4.68 Å². The molecule has 7 nitrogen and oxygen atoms in total. The van der Waals surface area contributed by atoms with E-state index in [0.29, 0.717) is 23.0 Å². The number of carbonyl (C=O) groups is 1. The number of primary amides is 1. The van der Waals surface area contributed by atoms with Crippen molar-refractivity contribution in [2.24, 2.45) is 5.73 Å². The van der Waals surface area contributed by atoms with Gasteiger partial charge in [-0.05, 0) is 35.6 Å². The third kappa shape index (κ3) is 3.43. The number of nitrogens with zero attached hydrogens (tertiary/aromatic N) is 3. The van der Waals surface area contributed by atoms with Gasteiger partial charge in [0.1, 0.15) is 11.8 Å². The van der Waals surface area contributed by atoms with Crippen LogP contribution in [0.1, 0.15) is 44.9 Å². The number of aromatic nitrogens is 3. The van der Waals surface area contributed by atoms with Crippen molar-refractivity contribution < 1.29 is 9.90 Å². The lowest BCUT2D eigenvalue weighted by Gasteiger charge is -2.27. The number of nitrogens with two attached hydrogens (primary N) is 1. The summed E-state index contributed by atoms with van der Waals surface area (Å²) in [7, 11) is 0. The van der Waals surface area contributed by atoms with E-state index in [1.54, 1.807) is 35.9 Å². The summed E-state index contributed by atoms with van der Waals surface area (Å²) in [4.78, 5) is 16.9. The van der Waals surface area contributed by atoms with Crippen LogP contribution in [0.3, 0.4) is 0 Å². The lowest BCUT2D eigenvalue weighted by Crippen LogP contribution is -2.31. The number of hydrogen-bond donors (Lipinski definition) is 3. The summed E-state index contributed by atoms with van der Waals surface area (Å²) < 4.78 is 1.67. The number of phenolic OH excluding ortho intramolecular Hbond substituents is 1. The molecule has 154 valence electrons. The van der Waals surface area contributed by atoms with E-state index in [1.807, 2.05) is 12.1 Å². The molecular weight excluding hydrogens is 378 g/mol. The quantitative estimate of drug-likeness (QED) is 0.618. The third-order valence-corrected chi connectivity index (χ3v) is 5.34. The Labute approximate surface area is 175 Å². The minimum absolute atomic E-state index is 0.0579. The van der Waals surface area contributed by atoms with Gasteiger partial charge in [0.25, 0.3) is 0 Å². The summed E-state index contributed by atoms with van der Waals surface area (Å²) in [6.07, 6.45) is 0. The van der Waals surface area contributed by atoms with Crippen LogP contribution in [-0.4, -0.2) is 25.8 Å². The standard InChI is InChI=1S/C23H25N5O2/c1-13-18(20(24)30)19(14-7-11-17(29)12-8-14)28-22(25-13)26-21(27-28)15-5-9-16(10-6-15)23(2,3)4/h5-12,19,29H,1-4H3,(H2,24,30)(H,25,26,27). The van der Waals surface area contributed by atoms with Crippen LogP contribution >= 0.6 is 0 Å². The average molecular weight is 403 g/mol. The molecule has 1 aliphatic heterocycles. The highest BCUT2D eigenvalue weighted by Crippen LogP contribution is 2.36. The molecule has 1 atom stereocenters. The topological polar surface area (TPSA) is 106 Å². The van der Waals surface area contributed by atoms with Crippen LogP contribution in [0.4, 0.5) is 5.95 Å². The Morgan fingerprint density at radius 2 is 1.73 bits per heavy atom. The Morgan fingerprint density at radius 3 is 2.30 bits per heavy atom. The highest BCUT2D eigenvalue weighted by molar-refractivity contribution is 5.95. The molecule has 0 saturated carbocycles. The second-order valence-electron chi connectivity index (χ2n) is 8.55. The lowest BCUT2D eigenvalue weighted by atomic mass is 9.87. The molecule has 0 spiro atoms. The second kappa shape index (κ2) is 7.02. The van der Waals surface area contributed by atoms with Crippen molar-refractivity contribution in [1.29, 1.82) is 0 Å². The number of carbonyl (C=O) groups excluding carboxylic acids is 1. The van der Waals surface area contributed by atoms with Crippen LogP contribution in [0.25, 0.3) is 11.4 Å². The Kier molecular flexibility index (Phi) is 4.61. The molecule has 0 saturated heterocycles. The Morgan fingerprint density at radius 1 is 1.10 bits per heavy atom. The molecule has 0 aliphatic carbocycles. The zero-order valence-corrected chi connectivity index (χ0v) is 17.5. The Hall–Kier alpha value is -3.61. The van der Waals surface area contributed by atoms with E-state index >= 15 is 0 Å². The van der Waals surface area contributed by atoms with E-state index in [9.17, 15) is 9.90 Å².